The van der Waals surface area contributed by atoms with Gasteiger partial charge in [0.15, 0.2) is 11.5 Å². The van der Waals surface area contributed by atoms with Crippen LogP contribution in [-0.2, 0) is 6.54 Å². The van der Waals surface area contributed by atoms with Crippen LogP contribution in [0.2, 0.25) is 0 Å². The summed E-state index contributed by atoms with van der Waals surface area (Å²) >= 11 is 1.96. The molecular formula is C17H27NO2S. The first-order chi connectivity index (χ1) is 10.3. The molecule has 0 saturated heterocycles. The second-order valence-electron chi connectivity index (χ2n) is 5.23. The minimum Gasteiger partial charge on any atom is -0.490 e. The monoisotopic (exact) mass is 309 g/mol. The van der Waals surface area contributed by atoms with E-state index in [1.807, 2.05) is 24.8 Å². The van der Waals surface area contributed by atoms with E-state index in [1.165, 1.54) is 24.2 Å². The molecular weight excluding hydrogens is 282 g/mol. The molecule has 3 nitrogen and oxygen atoms in total. The summed E-state index contributed by atoms with van der Waals surface area (Å²) in [7, 11) is 0. The van der Waals surface area contributed by atoms with Crippen LogP contribution in [0, 0.1) is 0 Å². The maximum absolute atomic E-state index is 6.04. The van der Waals surface area contributed by atoms with Gasteiger partial charge in [-0.25, -0.2) is 0 Å². The first-order valence-corrected chi connectivity index (χ1v) is 9.19. The van der Waals surface area contributed by atoms with Crippen molar-refractivity contribution in [3.8, 4) is 11.5 Å². The van der Waals surface area contributed by atoms with Gasteiger partial charge in [-0.05, 0) is 43.8 Å². The molecule has 0 heterocycles. The number of thioether (sulfide) groups is 1. The van der Waals surface area contributed by atoms with Gasteiger partial charge in [0.1, 0.15) is 0 Å². The first kappa shape index (κ1) is 16.5. The number of nitrogens with one attached hydrogen (secondary N) is 1. The Hall–Kier alpha value is -0.870. The molecule has 1 saturated carbocycles. The lowest BCUT2D eigenvalue weighted by Gasteiger charge is -2.16. The Labute approximate surface area is 132 Å². The molecule has 1 fully saturated rings. The van der Waals surface area contributed by atoms with Crippen molar-refractivity contribution < 1.29 is 9.47 Å². The lowest BCUT2D eigenvalue weighted by Crippen LogP contribution is -2.16. The molecule has 1 N–H and O–H groups in total. The second kappa shape index (κ2) is 9.21. The van der Waals surface area contributed by atoms with Gasteiger partial charge >= 0.3 is 0 Å². The summed E-state index contributed by atoms with van der Waals surface area (Å²) in [5, 5.41) is 3.55. The van der Waals surface area contributed by atoms with E-state index in [-0.39, 0.29) is 0 Å². The molecule has 0 aliphatic heterocycles. The quantitative estimate of drug-likeness (QED) is 0.629. The number of hydrogen-bond donors (Lipinski definition) is 1. The summed E-state index contributed by atoms with van der Waals surface area (Å²) in [6.45, 7) is 6.49. The molecule has 0 amide bonds. The average Bonchev–Trinajstić information content (AvgIpc) is 3.31. The predicted octanol–water partition coefficient (Wildman–Crippen LogP) is 3.86. The minimum atomic E-state index is 0.668. The maximum Gasteiger partial charge on any atom is 0.165 e. The van der Waals surface area contributed by atoms with Crippen LogP contribution in [0.25, 0.3) is 0 Å². The molecule has 1 aromatic carbocycles. The fraction of sp³-hybridized carbons (Fsp3) is 0.647. The summed E-state index contributed by atoms with van der Waals surface area (Å²) in [4.78, 5) is 0. The zero-order valence-corrected chi connectivity index (χ0v) is 14.0. The highest BCUT2D eigenvalue weighted by Crippen LogP contribution is 2.32. The Morgan fingerprint density at radius 3 is 2.81 bits per heavy atom. The van der Waals surface area contributed by atoms with Gasteiger partial charge < -0.3 is 14.8 Å². The van der Waals surface area contributed by atoms with Crippen molar-refractivity contribution in [2.24, 2.45) is 0 Å². The number of benzene rings is 1. The molecule has 21 heavy (non-hydrogen) atoms. The summed E-state index contributed by atoms with van der Waals surface area (Å²) in [5.74, 6) is 4.12. The molecule has 0 radical (unpaired) electrons. The van der Waals surface area contributed by atoms with E-state index in [9.17, 15) is 0 Å². The predicted molar refractivity (Wildman–Crippen MR) is 90.6 cm³/mol. The SMILES string of the molecule is CCOc1cccc(CNC2CC2)c1OCCCSCC. The number of rotatable bonds is 11. The highest BCUT2D eigenvalue weighted by molar-refractivity contribution is 7.99. The molecule has 0 spiro atoms. The highest BCUT2D eigenvalue weighted by atomic mass is 32.2. The first-order valence-electron chi connectivity index (χ1n) is 8.03. The lowest BCUT2D eigenvalue weighted by atomic mass is 10.2. The topological polar surface area (TPSA) is 30.5 Å². The maximum atomic E-state index is 6.04. The Balaban J connectivity index is 1.94. The Morgan fingerprint density at radius 1 is 1.24 bits per heavy atom. The van der Waals surface area contributed by atoms with Crippen LogP contribution in [0.1, 0.15) is 38.7 Å². The number of ether oxygens (including phenoxy) is 2. The van der Waals surface area contributed by atoms with Gasteiger partial charge in [0.2, 0.25) is 0 Å². The van der Waals surface area contributed by atoms with E-state index in [0.29, 0.717) is 12.6 Å². The Kier molecular flexibility index (Phi) is 7.24. The molecule has 118 valence electrons. The third kappa shape index (κ3) is 5.79. The summed E-state index contributed by atoms with van der Waals surface area (Å²) in [6, 6.07) is 6.89. The Morgan fingerprint density at radius 2 is 2.10 bits per heavy atom. The summed E-state index contributed by atoms with van der Waals surface area (Å²) < 4.78 is 11.8. The van der Waals surface area contributed by atoms with E-state index in [0.717, 1.165) is 36.8 Å². The van der Waals surface area contributed by atoms with Crippen LogP contribution in [0.3, 0.4) is 0 Å². The zero-order chi connectivity index (χ0) is 14.9. The normalized spacial score (nSPS) is 14.2. The molecule has 0 unspecified atom stereocenters. The molecule has 0 aromatic heterocycles. The van der Waals surface area contributed by atoms with Gasteiger partial charge in [-0.1, -0.05) is 19.1 Å². The largest absolute Gasteiger partial charge is 0.490 e. The van der Waals surface area contributed by atoms with Crippen molar-refractivity contribution >= 4 is 11.8 Å². The van der Waals surface area contributed by atoms with Gasteiger partial charge in [0, 0.05) is 18.2 Å². The van der Waals surface area contributed by atoms with Crippen LogP contribution >= 0.6 is 11.8 Å². The molecule has 0 bridgehead atoms. The molecule has 1 aromatic rings. The fourth-order valence-electron chi connectivity index (χ4n) is 2.15. The van der Waals surface area contributed by atoms with Gasteiger partial charge in [0.05, 0.1) is 13.2 Å². The van der Waals surface area contributed by atoms with E-state index in [1.54, 1.807) is 0 Å². The molecule has 1 aliphatic carbocycles. The van der Waals surface area contributed by atoms with Crippen molar-refractivity contribution in [2.45, 2.75) is 45.7 Å². The van der Waals surface area contributed by atoms with Crippen LogP contribution in [0.15, 0.2) is 18.2 Å². The summed E-state index contributed by atoms with van der Waals surface area (Å²) in [6.07, 6.45) is 3.68. The molecule has 0 atom stereocenters. The number of hydrogen-bond acceptors (Lipinski definition) is 4. The third-order valence-corrected chi connectivity index (χ3v) is 4.39. The lowest BCUT2D eigenvalue weighted by molar-refractivity contribution is 0.274. The summed E-state index contributed by atoms with van der Waals surface area (Å²) in [5.41, 5.74) is 1.20. The standard InChI is InChI=1S/C17H27NO2S/c1-3-19-16-8-5-7-14(13-18-15-9-10-15)17(16)20-11-6-12-21-4-2/h5,7-8,15,18H,3-4,6,9-13H2,1-2H3. The fourth-order valence-corrected chi connectivity index (χ4v) is 2.77. The molecule has 2 rings (SSSR count). The number of para-hydroxylation sites is 1. The van der Waals surface area contributed by atoms with Gasteiger partial charge in [-0.15, -0.1) is 0 Å². The smallest absolute Gasteiger partial charge is 0.165 e. The van der Waals surface area contributed by atoms with Crippen molar-refractivity contribution in [2.75, 3.05) is 24.7 Å². The van der Waals surface area contributed by atoms with Crippen LogP contribution in [-0.4, -0.2) is 30.8 Å². The van der Waals surface area contributed by atoms with Crippen LogP contribution in [0.4, 0.5) is 0 Å². The van der Waals surface area contributed by atoms with Crippen molar-refractivity contribution in [3.05, 3.63) is 23.8 Å². The third-order valence-electron chi connectivity index (χ3n) is 3.40. The van der Waals surface area contributed by atoms with Crippen molar-refractivity contribution in [3.63, 3.8) is 0 Å². The molecule has 1 aliphatic rings. The highest BCUT2D eigenvalue weighted by Gasteiger charge is 2.21. The van der Waals surface area contributed by atoms with Crippen LogP contribution < -0.4 is 14.8 Å². The van der Waals surface area contributed by atoms with Gasteiger partial charge in [-0.3, -0.25) is 0 Å². The average molecular weight is 309 g/mol. The van der Waals surface area contributed by atoms with Crippen molar-refractivity contribution in [1.29, 1.82) is 0 Å². The minimum absolute atomic E-state index is 0.668. The van der Waals surface area contributed by atoms with E-state index in [2.05, 4.69) is 24.4 Å². The molecule has 4 heteroatoms. The van der Waals surface area contributed by atoms with Gasteiger partial charge in [-0.2, -0.15) is 11.8 Å². The van der Waals surface area contributed by atoms with Gasteiger partial charge in [0.25, 0.3) is 0 Å². The van der Waals surface area contributed by atoms with E-state index in [4.69, 9.17) is 9.47 Å². The van der Waals surface area contributed by atoms with Crippen molar-refractivity contribution in [1.82, 2.24) is 5.32 Å². The zero-order valence-electron chi connectivity index (χ0n) is 13.2. The Bertz CT molecular complexity index is 421. The second-order valence-corrected chi connectivity index (χ2v) is 6.63. The van der Waals surface area contributed by atoms with E-state index >= 15 is 0 Å². The van der Waals surface area contributed by atoms with E-state index < -0.39 is 0 Å². The van der Waals surface area contributed by atoms with Crippen LogP contribution in [0.5, 0.6) is 11.5 Å².